The van der Waals surface area contributed by atoms with Crippen molar-refractivity contribution in [3.8, 4) is 11.5 Å². The van der Waals surface area contributed by atoms with Gasteiger partial charge in [-0.1, -0.05) is 23.2 Å². The van der Waals surface area contributed by atoms with Gasteiger partial charge in [-0.15, -0.1) is 10.2 Å². The molecular formula is C15H9Cl2N3O3. The van der Waals surface area contributed by atoms with Crippen molar-refractivity contribution >= 4 is 29.2 Å². The van der Waals surface area contributed by atoms with E-state index in [1.807, 2.05) is 0 Å². The standard InChI is InChI=1S/C15H9Cl2N3O3/c16-11-4-1-9(2-5-11)14-20-19-13(23-14)8-22-15(21)10-3-6-12(17)18-7-10/h1-7H,8H2. The molecule has 3 aromatic rings. The largest absolute Gasteiger partial charge is 0.452 e. The molecule has 23 heavy (non-hydrogen) atoms. The number of esters is 1. The van der Waals surface area contributed by atoms with Crippen LogP contribution in [0, 0.1) is 0 Å². The van der Waals surface area contributed by atoms with Crippen LogP contribution in [0.15, 0.2) is 47.0 Å². The van der Waals surface area contributed by atoms with Crippen LogP contribution in [0.5, 0.6) is 0 Å². The van der Waals surface area contributed by atoms with Crippen molar-refractivity contribution in [1.29, 1.82) is 0 Å². The van der Waals surface area contributed by atoms with E-state index >= 15 is 0 Å². The Kier molecular flexibility index (Phi) is 4.55. The number of carbonyl (C=O) groups is 1. The number of pyridine rings is 1. The predicted molar refractivity (Wildman–Crippen MR) is 83.1 cm³/mol. The molecule has 0 saturated heterocycles. The van der Waals surface area contributed by atoms with E-state index in [9.17, 15) is 4.79 Å². The van der Waals surface area contributed by atoms with Crippen LogP contribution < -0.4 is 0 Å². The van der Waals surface area contributed by atoms with E-state index in [1.54, 1.807) is 24.3 Å². The van der Waals surface area contributed by atoms with Gasteiger partial charge in [-0.2, -0.15) is 0 Å². The molecule has 0 fully saturated rings. The first kappa shape index (κ1) is 15.5. The fraction of sp³-hybridized carbons (Fsp3) is 0.0667. The Morgan fingerprint density at radius 3 is 2.57 bits per heavy atom. The molecule has 2 heterocycles. The molecular weight excluding hydrogens is 341 g/mol. The Labute approximate surface area is 141 Å². The third-order valence-corrected chi connectivity index (χ3v) is 3.32. The molecule has 1 aromatic carbocycles. The maximum Gasteiger partial charge on any atom is 0.340 e. The number of benzene rings is 1. The van der Waals surface area contributed by atoms with E-state index in [-0.39, 0.29) is 18.1 Å². The number of aromatic nitrogens is 3. The maximum atomic E-state index is 11.8. The summed E-state index contributed by atoms with van der Waals surface area (Å²) >= 11 is 11.5. The summed E-state index contributed by atoms with van der Waals surface area (Å²) in [6.45, 7) is -0.137. The molecule has 0 bridgehead atoms. The zero-order valence-electron chi connectivity index (χ0n) is 11.6. The van der Waals surface area contributed by atoms with Crippen molar-refractivity contribution < 1.29 is 13.9 Å². The van der Waals surface area contributed by atoms with Crippen molar-refractivity contribution in [3.63, 3.8) is 0 Å². The van der Waals surface area contributed by atoms with E-state index in [0.717, 1.165) is 5.56 Å². The summed E-state index contributed by atoms with van der Waals surface area (Å²) in [5.74, 6) is -0.0495. The van der Waals surface area contributed by atoms with Crippen LogP contribution in [0.2, 0.25) is 10.2 Å². The monoisotopic (exact) mass is 349 g/mol. The van der Waals surface area contributed by atoms with Gasteiger partial charge in [-0.3, -0.25) is 0 Å². The summed E-state index contributed by atoms with van der Waals surface area (Å²) in [6, 6.07) is 9.97. The Morgan fingerprint density at radius 1 is 1.09 bits per heavy atom. The number of nitrogens with zero attached hydrogens (tertiary/aromatic N) is 3. The van der Waals surface area contributed by atoms with Crippen molar-refractivity contribution in [2.45, 2.75) is 6.61 Å². The van der Waals surface area contributed by atoms with Gasteiger partial charge in [0.1, 0.15) is 5.15 Å². The van der Waals surface area contributed by atoms with E-state index < -0.39 is 5.97 Å². The molecule has 2 aromatic heterocycles. The zero-order chi connectivity index (χ0) is 16.2. The van der Waals surface area contributed by atoms with Gasteiger partial charge in [0.25, 0.3) is 5.89 Å². The molecule has 0 aliphatic carbocycles. The summed E-state index contributed by atoms with van der Waals surface area (Å²) in [5, 5.41) is 8.64. The summed E-state index contributed by atoms with van der Waals surface area (Å²) in [4.78, 5) is 15.6. The molecule has 3 rings (SSSR count). The Bertz CT molecular complexity index is 817. The highest BCUT2D eigenvalue weighted by atomic mass is 35.5. The average molecular weight is 350 g/mol. The van der Waals surface area contributed by atoms with Crippen molar-refractivity contribution in [2.24, 2.45) is 0 Å². The first-order chi connectivity index (χ1) is 11.1. The van der Waals surface area contributed by atoms with Crippen LogP contribution in [0.1, 0.15) is 16.2 Å². The molecule has 0 radical (unpaired) electrons. The molecule has 0 unspecified atom stereocenters. The number of hydrogen-bond acceptors (Lipinski definition) is 6. The minimum atomic E-state index is -0.555. The van der Waals surface area contributed by atoms with Crippen LogP contribution in [0.4, 0.5) is 0 Å². The van der Waals surface area contributed by atoms with Gasteiger partial charge in [0.15, 0.2) is 6.61 Å². The lowest BCUT2D eigenvalue weighted by Gasteiger charge is -2.01. The molecule has 0 N–H and O–H groups in total. The molecule has 0 spiro atoms. The van der Waals surface area contributed by atoms with Gasteiger partial charge < -0.3 is 9.15 Å². The first-order valence-electron chi connectivity index (χ1n) is 6.49. The third kappa shape index (κ3) is 3.85. The van der Waals surface area contributed by atoms with E-state index in [0.29, 0.717) is 16.1 Å². The minimum absolute atomic E-state index is 0.137. The zero-order valence-corrected chi connectivity index (χ0v) is 13.1. The van der Waals surface area contributed by atoms with Gasteiger partial charge in [-0.25, -0.2) is 9.78 Å². The quantitative estimate of drug-likeness (QED) is 0.526. The number of ether oxygens (including phenoxy) is 1. The Balaban J connectivity index is 1.64. The smallest absolute Gasteiger partial charge is 0.340 e. The number of halogens is 2. The van der Waals surface area contributed by atoms with Crippen LogP contribution in [0.25, 0.3) is 11.5 Å². The highest BCUT2D eigenvalue weighted by molar-refractivity contribution is 6.30. The minimum Gasteiger partial charge on any atom is -0.452 e. The van der Waals surface area contributed by atoms with Gasteiger partial charge in [0.2, 0.25) is 5.89 Å². The first-order valence-corrected chi connectivity index (χ1v) is 7.24. The highest BCUT2D eigenvalue weighted by Crippen LogP contribution is 2.20. The number of hydrogen-bond donors (Lipinski definition) is 0. The van der Waals surface area contributed by atoms with E-state index in [2.05, 4.69) is 15.2 Å². The molecule has 116 valence electrons. The molecule has 8 heteroatoms. The van der Waals surface area contributed by atoms with Gasteiger partial charge >= 0.3 is 5.97 Å². The van der Waals surface area contributed by atoms with Crippen LogP contribution in [-0.4, -0.2) is 21.2 Å². The normalized spacial score (nSPS) is 10.5. The molecule has 0 atom stereocenters. The van der Waals surface area contributed by atoms with Crippen LogP contribution >= 0.6 is 23.2 Å². The van der Waals surface area contributed by atoms with Gasteiger partial charge in [-0.05, 0) is 36.4 Å². The van der Waals surface area contributed by atoms with Crippen LogP contribution in [-0.2, 0) is 11.3 Å². The fourth-order valence-corrected chi connectivity index (χ4v) is 1.97. The lowest BCUT2D eigenvalue weighted by atomic mass is 10.2. The lowest BCUT2D eigenvalue weighted by Crippen LogP contribution is -2.05. The predicted octanol–water partition coefficient (Wildman–Crippen LogP) is 3.80. The number of rotatable bonds is 4. The topological polar surface area (TPSA) is 78.1 Å². The fourth-order valence-electron chi connectivity index (χ4n) is 1.73. The van der Waals surface area contributed by atoms with Gasteiger partial charge in [0, 0.05) is 16.8 Å². The van der Waals surface area contributed by atoms with E-state index in [4.69, 9.17) is 32.4 Å². The molecule has 0 aliphatic rings. The second kappa shape index (κ2) is 6.76. The molecule has 0 saturated carbocycles. The molecule has 0 amide bonds. The summed E-state index contributed by atoms with van der Waals surface area (Å²) < 4.78 is 10.5. The Morgan fingerprint density at radius 2 is 1.87 bits per heavy atom. The Hall–Kier alpha value is -2.44. The van der Waals surface area contributed by atoms with Crippen LogP contribution in [0.3, 0.4) is 0 Å². The summed E-state index contributed by atoms with van der Waals surface area (Å²) in [5.41, 5.74) is 1.01. The van der Waals surface area contributed by atoms with E-state index in [1.165, 1.54) is 18.3 Å². The molecule has 6 nitrogen and oxygen atoms in total. The lowest BCUT2D eigenvalue weighted by molar-refractivity contribution is 0.0438. The summed E-state index contributed by atoms with van der Waals surface area (Å²) in [6.07, 6.45) is 1.33. The SMILES string of the molecule is O=C(OCc1nnc(-c2ccc(Cl)cc2)o1)c1ccc(Cl)nc1. The van der Waals surface area contributed by atoms with Crippen molar-refractivity contribution in [1.82, 2.24) is 15.2 Å². The third-order valence-electron chi connectivity index (χ3n) is 2.85. The average Bonchev–Trinajstić information content (AvgIpc) is 3.03. The van der Waals surface area contributed by atoms with Gasteiger partial charge in [0.05, 0.1) is 5.56 Å². The second-order valence-corrected chi connectivity index (χ2v) is 5.28. The highest BCUT2D eigenvalue weighted by Gasteiger charge is 2.12. The second-order valence-electron chi connectivity index (χ2n) is 4.45. The molecule has 0 aliphatic heterocycles. The summed E-state index contributed by atoms with van der Waals surface area (Å²) in [7, 11) is 0. The maximum absolute atomic E-state index is 11.8. The van der Waals surface area contributed by atoms with Crippen molar-refractivity contribution in [3.05, 3.63) is 64.2 Å². The van der Waals surface area contributed by atoms with Crippen molar-refractivity contribution in [2.75, 3.05) is 0 Å². The number of carbonyl (C=O) groups excluding carboxylic acids is 1.